The lowest BCUT2D eigenvalue weighted by Crippen LogP contribution is -2.25. The largest absolute Gasteiger partial charge is 0.478 e. The fourth-order valence-electron chi connectivity index (χ4n) is 3.85. The van der Waals surface area contributed by atoms with Gasteiger partial charge in [-0.2, -0.15) is 13.2 Å². The highest BCUT2D eigenvalue weighted by Crippen LogP contribution is 2.37. The Kier molecular flexibility index (Phi) is 6.66. The highest BCUT2D eigenvalue weighted by atomic mass is 35.5. The maximum absolute atomic E-state index is 12.9. The van der Waals surface area contributed by atoms with Crippen LogP contribution in [0.4, 0.5) is 13.2 Å². The van der Waals surface area contributed by atoms with Crippen LogP contribution in [0.2, 0.25) is 5.02 Å². The van der Waals surface area contributed by atoms with E-state index in [1.54, 1.807) is 0 Å². The zero-order valence-corrected chi connectivity index (χ0v) is 16.7. The van der Waals surface area contributed by atoms with Crippen molar-refractivity contribution in [3.63, 3.8) is 0 Å². The van der Waals surface area contributed by atoms with Gasteiger partial charge in [-0.3, -0.25) is 4.79 Å². The second kappa shape index (κ2) is 9.04. The van der Waals surface area contributed by atoms with Gasteiger partial charge in [-0.05, 0) is 73.1 Å². The Morgan fingerprint density at radius 2 is 1.63 bits per heavy atom. The van der Waals surface area contributed by atoms with Crippen LogP contribution in [0.5, 0.6) is 0 Å². The van der Waals surface area contributed by atoms with Crippen molar-refractivity contribution in [1.29, 1.82) is 0 Å². The summed E-state index contributed by atoms with van der Waals surface area (Å²) in [5.41, 5.74) is -0.213. The number of carboxylic acids is 1. The summed E-state index contributed by atoms with van der Waals surface area (Å²) in [5, 5.41) is 10.1. The molecule has 0 aliphatic heterocycles. The second-order valence-electron chi connectivity index (χ2n) is 7.45. The quantitative estimate of drug-likeness (QED) is 0.336. The van der Waals surface area contributed by atoms with Crippen molar-refractivity contribution in [2.24, 2.45) is 5.92 Å². The van der Waals surface area contributed by atoms with E-state index >= 15 is 0 Å². The molecule has 1 fully saturated rings. The number of carbonyl (C=O) groups excluding carboxylic acids is 1. The van der Waals surface area contributed by atoms with Gasteiger partial charge in [0, 0.05) is 10.9 Å². The molecule has 7 heteroatoms. The van der Waals surface area contributed by atoms with Crippen LogP contribution in [0.25, 0.3) is 6.08 Å². The molecule has 0 spiro atoms. The number of ketones is 1. The van der Waals surface area contributed by atoms with Gasteiger partial charge >= 0.3 is 12.1 Å². The van der Waals surface area contributed by atoms with Gasteiger partial charge in [0.2, 0.25) is 0 Å². The predicted molar refractivity (Wildman–Crippen MR) is 108 cm³/mol. The molecule has 0 atom stereocenters. The molecule has 0 heterocycles. The topological polar surface area (TPSA) is 54.4 Å². The van der Waals surface area contributed by atoms with Crippen molar-refractivity contribution in [1.82, 2.24) is 0 Å². The SMILES string of the molecule is O=C(O)/C(=C\c1cccc(C(F)(F)F)c1)C(=O)C1CCC(c2ccc(Cl)cc2)CC1. The number of halogens is 4. The Morgan fingerprint density at radius 3 is 2.20 bits per heavy atom. The summed E-state index contributed by atoms with van der Waals surface area (Å²) < 4.78 is 38.7. The van der Waals surface area contributed by atoms with Crippen molar-refractivity contribution in [3.8, 4) is 0 Å². The van der Waals surface area contributed by atoms with Gasteiger partial charge in [0.1, 0.15) is 5.57 Å². The minimum absolute atomic E-state index is 0.0328. The third-order valence-corrected chi connectivity index (χ3v) is 5.71. The molecule has 0 amide bonds. The molecule has 3 rings (SSSR count). The van der Waals surface area contributed by atoms with Gasteiger partial charge in [-0.25, -0.2) is 4.79 Å². The third-order valence-electron chi connectivity index (χ3n) is 5.46. The molecule has 0 aromatic heterocycles. The summed E-state index contributed by atoms with van der Waals surface area (Å²) in [5.74, 6) is -2.15. The Hall–Kier alpha value is -2.60. The van der Waals surface area contributed by atoms with E-state index in [2.05, 4.69) is 0 Å². The van der Waals surface area contributed by atoms with Crippen LogP contribution >= 0.6 is 11.6 Å². The second-order valence-corrected chi connectivity index (χ2v) is 7.89. The minimum atomic E-state index is -4.54. The summed E-state index contributed by atoms with van der Waals surface area (Å²) >= 11 is 5.91. The van der Waals surface area contributed by atoms with Crippen molar-refractivity contribution >= 4 is 29.4 Å². The van der Waals surface area contributed by atoms with Crippen LogP contribution in [-0.2, 0) is 15.8 Å². The maximum atomic E-state index is 12.9. The molecular weight excluding hydrogens is 417 g/mol. The molecule has 30 heavy (non-hydrogen) atoms. The van der Waals surface area contributed by atoms with Crippen LogP contribution in [0.3, 0.4) is 0 Å². The van der Waals surface area contributed by atoms with Crippen LogP contribution in [0.1, 0.15) is 48.3 Å². The van der Waals surface area contributed by atoms with E-state index in [9.17, 15) is 27.9 Å². The Bertz CT molecular complexity index is 956. The van der Waals surface area contributed by atoms with E-state index in [0.29, 0.717) is 17.9 Å². The average Bonchev–Trinajstić information content (AvgIpc) is 2.72. The Balaban J connectivity index is 1.74. The molecule has 2 aromatic rings. The first-order chi connectivity index (χ1) is 14.1. The summed E-state index contributed by atoms with van der Waals surface area (Å²) in [6.45, 7) is 0. The highest BCUT2D eigenvalue weighted by molar-refractivity contribution is 6.30. The lowest BCUT2D eigenvalue weighted by molar-refractivity contribution is -0.138. The predicted octanol–water partition coefficient (Wildman–Crippen LogP) is 6.37. The number of Topliss-reactive ketones (excluding diaryl/α,β-unsaturated/α-hetero) is 1. The molecular formula is C23H20ClF3O3. The number of aliphatic carboxylic acids is 1. The highest BCUT2D eigenvalue weighted by Gasteiger charge is 2.32. The fraction of sp³-hybridized carbons (Fsp3) is 0.304. The zero-order chi connectivity index (χ0) is 21.9. The average molecular weight is 437 g/mol. The summed E-state index contributed by atoms with van der Waals surface area (Å²) in [6, 6.07) is 11.8. The van der Waals surface area contributed by atoms with Crippen LogP contribution < -0.4 is 0 Å². The smallest absolute Gasteiger partial charge is 0.416 e. The molecule has 1 saturated carbocycles. The molecule has 0 unspecified atom stereocenters. The molecule has 1 aliphatic rings. The maximum Gasteiger partial charge on any atom is 0.416 e. The number of carboxylic acid groups (broad SMARTS) is 1. The van der Waals surface area contributed by atoms with Gasteiger partial charge in [-0.1, -0.05) is 35.9 Å². The van der Waals surface area contributed by atoms with Gasteiger partial charge in [0.15, 0.2) is 5.78 Å². The van der Waals surface area contributed by atoms with Crippen molar-refractivity contribution in [2.75, 3.05) is 0 Å². The van der Waals surface area contributed by atoms with Gasteiger partial charge < -0.3 is 5.11 Å². The summed E-state index contributed by atoms with van der Waals surface area (Å²) in [7, 11) is 0. The number of alkyl halides is 3. The van der Waals surface area contributed by atoms with Crippen molar-refractivity contribution in [2.45, 2.75) is 37.8 Å². The fourth-order valence-corrected chi connectivity index (χ4v) is 3.98. The lowest BCUT2D eigenvalue weighted by Gasteiger charge is -2.28. The normalized spacial score (nSPS) is 20.1. The summed E-state index contributed by atoms with van der Waals surface area (Å²) in [6.07, 6.45) is -0.996. The monoisotopic (exact) mass is 436 g/mol. The van der Waals surface area contributed by atoms with Gasteiger partial charge in [0.25, 0.3) is 0 Å². The zero-order valence-electron chi connectivity index (χ0n) is 16.0. The van der Waals surface area contributed by atoms with Crippen LogP contribution in [0.15, 0.2) is 54.1 Å². The Labute approximate surface area is 177 Å². The van der Waals surface area contributed by atoms with Crippen molar-refractivity contribution < 1.29 is 27.9 Å². The number of rotatable bonds is 5. The molecule has 0 bridgehead atoms. The first-order valence-electron chi connectivity index (χ1n) is 9.57. The lowest BCUT2D eigenvalue weighted by atomic mass is 9.76. The van der Waals surface area contributed by atoms with E-state index in [4.69, 9.17) is 11.6 Å². The molecule has 0 saturated heterocycles. The number of hydrogen-bond donors (Lipinski definition) is 1. The van der Waals surface area contributed by atoms with Crippen LogP contribution in [0, 0.1) is 5.92 Å². The number of hydrogen-bond acceptors (Lipinski definition) is 2. The van der Waals surface area contributed by atoms with E-state index in [1.165, 1.54) is 12.1 Å². The first kappa shape index (κ1) is 22.1. The molecule has 1 N–H and O–H groups in total. The van der Waals surface area contributed by atoms with Gasteiger partial charge in [0.05, 0.1) is 5.56 Å². The third kappa shape index (κ3) is 5.30. The number of carbonyl (C=O) groups is 2. The molecule has 158 valence electrons. The van der Waals surface area contributed by atoms with E-state index in [-0.39, 0.29) is 11.5 Å². The van der Waals surface area contributed by atoms with Gasteiger partial charge in [-0.15, -0.1) is 0 Å². The number of benzene rings is 2. The minimum Gasteiger partial charge on any atom is -0.478 e. The standard InChI is InChI=1S/C23H20ClF3O3/c24-19-10-8-16(9-11-19)15-4-6-17(7-5-15)21(28)20(22(29)30)13-14-2-1-3-18(12-14)23(25,26)27/h1-3,8-13,15,17H,4-7H2,(H,29,30)/b20-13-. The first-order valence-corrected chi connectivity index (χ1v) is 9.95. The van der Waals surface area contributed by atoms with E-state index in [0.717, 1.165) is 36.6 Å². The Morgan fingerprint density at radius 1 is 1.00 bits per heavy atom. The molecule has 1 aliphatic carbocycles. The summed E-state index contributed by atoms with van der Waals surface area (Å²) in [4.78, 5) is 24.5. The van der Waals surface area contributed by atoms with Crippen molar-refractivity contribution in [3.05, 3.63) is 75.8 Å². The van der Waals surface area contributed by atoms with Crippen LogP contribution in [-0.4, -0.2) is 16.9 Å². The molecule has 0 radical (unpaired) electrons. The van der Waals surface area contributed by atoms with E-state index in [1.807, 2.05) is 24.3 Å². The van der Waals surface area contributed by atoms with E-state index < -0.39 is 35.0 Å². The molecule has 2 aromatic carbocycles. The molecule has 3 nitrogen and oxygen atoms in total.